The van der Waals surface area contributed by atoms with Crippen LogP contribution in [-0.2, 0) is 61.5 Å². The Morgan fingerprint density at radius 3 is 1.50 bits per heavy atom. The molecule has 1 saturated heterocycles. The molecule has 8 nitrogen and oxygen atoms in total. The highest BCUT2D eigenvalue weighted by molar-refractivity contribution is 5.67. The Morgan fingerprint density at radius 2 is 1.02 bits per heavy atom. The van der Waals surface area contributed by atoms with Crippen LogP contribution in [0.2, 0.25) is 0 Å². The van der Waals surface area contributed by atoms with Gasteiger partial charge in [-0.1, -0.05) is 158 Å². The molecule has 54 heavy (non-hydrogen) atoms. The zero-order valence-corrected chi connectivity index (χ0v) is 30.5. The highest BCUT2D eigenvalue weighted by Gasteiger charge is 2.56. The van der Waals surface area contributed by atoms with E-state index in [1.54, 1.807) is 6.08 Å². The van der Waals surface area contributed by atoms with Crippen molar-refractivity contribution in [2.75, 3.05) is 13.2 Å². The van der Waals surface area contributed by atoms with Gasteiger partial charge < -0.3 is 33.7 Å². The summed E-state index contributed by atoms with van der Waals surface area (Å²) in [7, 11) is 0. The largest absolute Gasteiger partial charge is 0.445 e. The average molecular weight is 728 g/mol. The SMILES string of the molecule is C=CC[C@]1(CNC(=O)OCc2ccccc2)O[C@H](COCc2ccccc2)[C@@H](OCc2ccccc2)[C@H](OCc2ccccc2)[C@H]1OCc1ccccc1. The lowest BCUT2D eigenvalue weighted by Gasteiger charge is -2.52. The smallest absolute Gasteiger partial charge is 0.407 e. The first-order valence-corrected chi connectivity index (χ1v) is 18.4. The van der Waals surface area contributed by atoms with E-state index in [4.69, 9.17) is 28.4 Å². The number of rotatable bonds is 19. The molecule has 6 rings (SSSR count). The normalized spacial score (nSPS) is 20.9. The molecule has 280 valence electrons. The fourth-order valence-corrected chi connectivity index (χ4v) is 6.66. The standard InChI is InChI=1S/C46H49NO7/c1-2-28-46(35-47-45(48)53-33-40-26-16-7-17-27-40)44(52-32-39-24-14-6-15-25-39)43(51-31-38-22-12-5-13-23-38)42(50-30-37-20-10-4-11-21-37)41(54-46)34-49-29-36-18-8-3-9-19-36/h2-27,41-44H,1,28-35H2,(H,47,48)/t41-,42-,43+,44-,46-/m1/s1. The van der Waals surface area contributed by atoms with Crippen molar-refractivity contribution >= 4 is 6.09 Å². The van der Waals surface area contributed by atoms with Crippen LogP contribution in [0.4, 0.5) is 4.79 Å². The predicted molar refractivity (Wildman–Crippen MR) is 208 cm³/mol. The Balaban J connectivity index is 1.34. The second-order valence-corrected chi connectivity index (χ2v) is 13.4. The van der Waals surface area contributed by atoms with E-state index in [0.29, 0.717) is 26.2 Å². The van der Waals surface area contributed by atoms with Gasteiger partial charge in [0.25, 0.3) is 0 Å². The molecular formula is C46H49NO7. The highest BCUT2D eigenvalue weighted by atomic mass is 16.6. The van der Waals surface area contributed by atoms with E-state index in [2.05, 4.69) is 11.9 Å². The van der Waals surface area contributed by atoms with Gasteiger partial charge in [-0.15, -0.1) is 6.58 Å². The maximum Gasteiger partial charge on any atom is 0.407 e. The molecule has 1 amide bonds. The molecule has 0 radical (unpaired) electrons. The van der Waals surface area contributed by atoms with Crippen LogP contribution in [0.1, 0.15) is 34.2 Å². The fourth-order valence-electron chi connectivity index (χ4n) is 6.66. The number of carbonyl (C=O) groups excluding carboxylic acids is 1. The molecule has 1 N–H and O–H groups in total. The topological polar surface area (TPSA) is 84.5 Å². The summed E-state index contributed by atoms with van der Waals surface area (Å²) >= 11 is 0. The number of nitrogens with one attached hydrogen (secondary N) is 1. The van der Waals surface area contributed by atoms with Crippen molar-refractivity contribution in [2.45, 2.75) is 69.5 Å². The van der Waals surface area contributed by atoms with Crippen LogP contribution >= 0.6 is 0 Å². The lowest BCUT2D eigenvalue weighted by atomic mass is 9.81. The number of alkyl carbamates (subject to hydrolysis) is 1. The number of hydrogen-bond acceptors (Lipinski definition) is 7. The van der Waals surface area contributed by atoms with Crippen LogP contribution in [0.3, 0.4) is 0 Å². The average Bonchev–Trinajstić information content (AvgIpc) is 3.22. The first-order chi connectivity index (χ1) is 26.6. The maximum atomic E-state index is 13.3. The van der Waals surface area contributed by atoms with Gasteiger partial charge in [0, 0.05) is 0 Å². The van der Waals surface area contributed by atoms with Crippen LogP contribution in [-0.4, -0.2) is 49.3 Å². The number of benzene rings is 5. The van der Waals surface area contributed by atoms with Crippen LogP contribution in [0.25, 0.3) is 0 Å². The van der Waals surface area contributed by atoms with Gasteiger partial charge in [-0.25, -0.2) is 4.79 Å². The minimum atomic E-state index is -1.14. The summed E-state index contributed by atoms with van der Waals surface area (Å²) in [6.07, 6.45) is -1.06. The highest BCUT2D eigenvalue weighted by Crippen LogP contribution is 2.39. The first kappa shape index (κ1) is 38.6. The van der Waals surface area contributed by atoms with E-state index in [0.717, 1.165) is 27.8 Å². The first-order valence-electron chi connectivity index (χ1n) is 18.4. The Labute approximate surface area is 318 Å². The summed E-state index contributed by atoms with van der Waals surface area (Å²) in [6, 6.07) is 49.6. The quantitative estimate of drug-likeness (QED) is 0.0854. The Morgan fingerprint density at radius 1 is 0.593 bits per heavy atom. The third kappa shape index (κ3) is 11.2. The summed E-state index contributed by atoms with van der Waals surface area (Å²) in [4.78, 5) is 13.3. The number of hydrogen-bond donors (Lipinski definition) is 1. The molecule has 5 aromatic rings. The van der Waals surface area contributed by atoms with Gasteiger partial charge in [0.1, 0.15) is 36.6 Å². The molecular weight excluding hydrogens is 679 g/mol. The molecule has 1 aliphatic heterocycles. The van der Waals surface area contributed by atoms with Crippen molar-refractivity contribution in [1.82, 2.24) is 5.32 Å². The molecule has 5 atom stereocenters. The maximum absolute atomic E-state index is 13.3. The zero-order valence-electron chi connectivity index (χ0n) is 30.5. The molecule has 0 spiro atoms. The molecule has 1 heterocycles. The fraction of sp³-hybridized carbons (Fsp3) is 0.283. The van der Waals surface area contributed by atoms with Crippen LogP contribution < -0.4 is 5.32 Å². The van der Waals surface area contributed by atoms with Gasteiger partial charge in [-0.3, -0.25) is 0 Å². The third-order valence-electron chi connectivity index (χ3n) is 9.36. The number of ether oxygens (including phenoxy) is 6. The van der Waals surface area contributed by atoms with E-state index in [1.165, 1.54) is 0 Å². The lowest BCUT2D eigenvalue weighted by molar-refractivity contribution is -0.305. The Kier molecular flexibility index (Phi) is 14.6. The minimum Gasteiger partial charge on any atom is -0.445 e. The van der Waals surface area contributed by atoms with Crippen molar-refractivity contribution in [1.29, 1.82) is 0 Å². The van der Waals surface area contributed by atoms with Gasteiger partial charge in [-0.05, 0) is 34.2 Å². The van der Waals surface area contributed by atoms with E-state index in [1.807, 2.05) is 152 Å². The van der Waals surface area contributed by atoms with E-state index in [9.17, 15) is 4.79 Å². The van der Waals surface area contributed by atoms with E-state index < -0.39 is 36.1 Å². The molecule has 1 aliphatic rings. The van der Waals surface area contributed by atoms with E-state index in [-0.39, 0.29) is 26.4 Å². The van der Waals surface area contributed by atoms with Crippen molar-refractivity contribution in [2.24, 2.45) is 0 Å². The molecule has 0 bridgehead atoms. The molecule has 0 saturated carbocycles. The molecule has 1 fully saturated rings. The summed E-state index contributed by atoms with van der Waals surface area (Å²) in [5.41, 5.74) is 3.78. The van der Waals surface area contributed by atoms with Crippen LogP contribution in [0.5, 0.6) is 0 Å². The van der Waals surface area contributed by atoms with Crippen LogP contribution in [0.15, 0.2) is 164 Å². The van der Waals surface area contributed by atoms with Gasteiger partial charge in [0.15, 0.2) is 0 Å². The summed E-state index contributed by atoms with van der Waals surface area (Å²) in [6.45, 7) is 5.77. The zero-order chi connectivity index (χ0) is 37.3. The molecule has 0 aromatic heterocycles. The molecule has 8 heteroatoms. The summed E-state index contributed by atoms with van der Waals surface area (Å²) in [5.74, 6) is 0. The van der Waals surface area contributed by atoms with Crippen molar-refractivity contribution in [3.8, 4) is 0 Å². The second kappa shape index (κ2) is 20.4. The van der Waals surface area contributed by atoms with Gasteiger partial charge in [0.2, 0.25) is 0 Å². The Bertz CT molecular complexity index is 1810. The monoisotopic (exact) mass is 727 g/mol. The van der Waals surface area contributed by atoms with Gasteiger partial charge >= 0.3 is 6.09 Å². The molecule has 0 unspecified atom stereocenters. The van der Waals surface area contributed by atoms with E-state index >= 15 is 0 Å². The lowest BCUT2D eigenvalue weighted by Crippen LogP contribution is -2.69. The van der Waals surface area contributed by atoms with Crippen molar-refractivity contribution in [3.05, 3.63) is 192 Å². The second-order valence-electron chi connectivity index (χ2n) is 13.4. The van der Waals surface area contributed by atoms with Gasteiger partial charge in [0.05, 0.1) is 39.6 Å². The summed E-state index contributed by atoms with van der Waals surface area (Å²) in [5, 5.41) is 2.99. The predicted octanol–water partition coefficient (Wildman–Crippen LogP) is 8.60. The van der Waals surface area contributed by atoms with Crippen LogP contribution in [0, 0.1) is 0 Å². The Hall–Kier alpha value is -5.09. The number of amides is 1. The molecule has 0 aliphatic carbocycles. The van der Waals surface area contributed by atoms with Crippen molar-refractivity contribution in [3.63, 3.8) is 0 Å². The number of carbonyl (C=O) groups is 1. The van der Waals surface area contributed by atoms with Crippen molar-refractivity contribution < 1.29 is 33.2 Å². The summed E-state index contributed by atoms with van der Waals surface area (Å²) < 4.78 is 39.8. The molecule has 5 aromatic carbocycles. The third-order valence-corrected chi connectivity index (χ3v) is 9.36. The minimum absolute atomic E-state index is 0.0535. The van der Waals surface area contributed by atoms with Gasteiger partial charge in [-0.2, -0.15) is 0 Å².